The van der Waals surface area contributed by atoms with Crippen molar-refractivity contribution in [3.05, 3.63) is 33.5 Å². The van der Waals surface area contributed by atoms with Crippen LogP contribution in [0.5, 0.6) is 0 Å². The lowest BCUT2D eigenvalue weighted by Gasteiger charge is -2.07. The van der Waals surface area contributed by atoms with Gasteiger partial charge in [-0.1, -0.05) is 27.7 Å². The maximum Gasteiger partial charge on any atom is 0.234 e. The molecule has 0 spiro atoms. The van der Waals surface area contributed by atoms with E-state index in [9.17, 15) is 4.79 Å². The van der Waals surface area contributed by atoms with Gasteiger partial charge in [0, 0.05) is 8.95 Å². The monoisotopic (exact) mass is 405 g/mol. The van der Waals surface area contributed by atoms with Crippen LogP contribution < -0.4 is 11.2 Å². The van der Waals surface area contributed by atoms with Crippen molar-refractivity contribution in [1.82, 2.24) is 14.9 Å². The SMILES string of the molecule is Nn1cnnc1SCC(=O)Nc1ccc(Br)cc1Br. The van der Waals surface area contributed by atoms with Gasteiger partial charge < -0.3 is 11.2 Å². The first-order chi connectivity index (χ1) is 9.06. The molecular formula is C10H9Br2N5OS. The molecule has 100 valence electrons. The summed E-state index contributed by atoms with van der Waals surface area (Å²) in [6.07, 6.45) is 1.38. The van der Waals surface area contributed by atoms with Gasteiger partial charge in [0.1, 0.15) is 6.33 Å². The van der Waals surface area contributed by atoms with Crippen molar-refractivity contribution in [2.45, 2.75) is 5.16 Å². The van der Waals surface area contributed by atoms with E-state index in [2.05, 4.69) is 47.4 Å². The van der Waals surface area contributed by atoms with Crippen molar-refractivity contribution in [2.24, 2.45) is 0 Å². The Morgan fingerprint density at radius 3 is 2.89 bits per heavy atom. The van der Waals surface area contributed by atoms with Crippen LogP contribution in [0.25, 0.3) is 0 Å². The maximum absolute atomic E-state index is 11.8. The molecule has 1 amide bonds. The van der Waals surface area contributed by atoms with Crippen LogP contribution in [0.1, 0.15) is 0 Å². The average Bonchev–Trinajstić information content (AvgIpc) is 2.76. The highest BCUT2D eigenvalue weighted by Crippen LogP contribution is 2.26. The first kappa shape index (κ1) is 14.4. The Hall–Kier alpha value is -1.06. The van der Waals surface area contributed by atoms with E-state index in [0.717, 1.165) is 8.95 Å². The summed E-state index contributed by atoms with van der Waals surface area (Å²) in [5.74, 6) is 5.61. The predicted molar refractivity (Wildman–Crippen MR) is 81.4 cm³/mol. The number of anilines is 1. The van der Waals surface area contributed by atoms with Crippen LogP contribution in [-0.4, -0.2) is 26.5 Å². The number of carbonyl (C=O) groups excluding carboxylic acids is 1. The third-order valence-electron chi connectivity index (χ3n) is 2.08. The Bertz CT molecular complexity index is 603. The lowest BCUT2D eigenvalue weighted by atomic mass is 10.3. The zero-order valence-corrected chi connectivity index (χ0v) is 13.5. The topological polar surface area (TPSA) is 85.8 Å². The Kier molecular flexibility index (Phi) is 4.83. The van der Waals surface area contributed by atoms with E-state index in [0.29, 0.717) is 10.8 Å². The number of nitrogen functional groups attached to an aromatic ring is 1. The van der Waals surface area contributed by atoms with Gasteiger partial charge in [-0.05, 0) is 34.1 Å². The summed E-state index contributed by atoms with van der Waals surface area (Å²) >= 11 is 7.95. The molecule has 2 aromatic rings. The number of benzene rings is 1. The third-order valence-corrected chi connectivity index (χ3v) is 4.18. The highest BCUT2D eigenvalue weighted by Gasteiger charge is 2.09. The molecule has 2 rings (SSSR count). The highest BCUT2D eigenvalue weighted by molar-refractivity contribution is 9.11. The van der Waals surface area contributed by atoms with Gasteiger partial charge in [0.15, 0.2) is 0 Å². The second-order valence-electron chi connectivity index (χ2n) is 3.48. The van der Waals surface area contributed by atoms with E-state index >= 15 is 0 Å². The molecule has 1 heterocycles. The van der Waals surface area contributed by atoms with Gasteiger partial charge in [-0.2, -0.15) is 0 Å². The van der Waals surface area contributed by atoms with Crippen LogP contribution in [0, 0.1) is 0 Å². The van der Waals surface area contributed by atoms with Crippen molar-refractivity contribution in [3.63, 3.8) is 0 Å². The predicted octanol–water partition coefficient (Wildman–Crippen LogP) is 2.25. The molecule has 9 heteroatoms. The largest absolute Gasteiger partial charge is 0.336 e. The summed E-state index contributed by atoms with van der Waals surface area (Å²) < 4.78 is 3.01. The molecule has 0 radical (unpaired) electrons. The lowest BCUT2D eigenvalue weighted by molar-refractivity contribution is -0.113. The fourth-order valence-corrected chi connectivity index (χ4v) is 3.02. The van der Waals surface area contributed by atoms with Gasteiger partial charge in [-0.25, -0.2) is 4.68 Å². The van der Waals surface area contributed by atoms with Gasteiger partial charge >= 0.3 is 0 Å². The fourth-order valence-electron chi connectivity index (χ4n) is 1.24. The molecule has 0 saturated heterocycles. The molecule has 1 aromatic heterocycles. The van der Waals surface area contributed by atoms with Gasteiger partial charge in [-0.15, -0.1) is 10.2 Å². The molecule has 19 heavy (non-hydrogen) atoms. The Balaban J connectivity index is 1.93. The summed E-state index contributed by atoms with van der Waals surface area (Å²) in [5.41, 5.74) is 0.711. The minimum absolute atomic E-state index is 0.143. The van der Waals surface area contributed by atoms with E-state index in [1.54, 1.807) is 0 Å². The van der Waals surface area contributed by atoms with E-state index < -0.39 is 0 Å². The number of carbonyl (C=O) groups is 1. The average molecular weight is 407 g/mol. The summed E-state index contributed by atoms with van der Waals surface area (Å²) in [4.78, 5) is 11.8. The van der Waals surface area contributed by atoms with Crippen LogP contribution in [0.2, 0.25) is 0 Å². The van der Waals surface area contributed by atoms with Gasteiger partial charge in [-0.3, -0.25) is 4.79 Å². The normalized spacial score (nSPS) is 10.4. The van der Waals surface area contributed by atoms with Crippen molar-refractivity contribution < 1.29 is 4.79 Å². The van der Waals surface area contributed by atoms with E-state index in [-0.39, 0.29) is 11.7 Å². The molecule has 3 N–H and O–H groups in total. The first-order valence-electron chi connectivity index (χ1n) is 5.09. The highest BCUT2D eigenvalue weighted by atomic mass is 79.9. The molecule has 0 aliphatic heterocycles. The van der Waals surface area contributed by atoms with Crippen LogP contribution in [-0.2, 0) is 4.79 Å². The number of amides is 1. The molecule has 0 fully saturated rings. The number of aromatic nitrogens is 3. The molecule has 0 aliphatic rings. The molecule has 0 bridgehead atoms. The Labute approximate surface area is 130 Å². The molecule has 0 unspecified atom stereocenters. The quantitative estimate of drug-likeness (QED) is 0.600. The second-order valence-corrected chi connectivity index (χ2v) is 6.19. The maximum atomic E-state index is 11.8. The number of nitrogens with zero attached hydrogens (tertiary/aromatic N) is 3. The molecule has 0 atom stereocenters. The van der Waals surface area contributed by atoms with Gasteiger partial charge in [0.05, 0.1) is 11.4 Å². The fraction of sp³-hybridized carbons (Fsp3) is 0.100. The number of rotatable bonds is 4. The van der Waals surface area contributed by atoms with Crippen molar-refractivity contribution >= 4 is 55.2 Å². The molecular weight excluding hydrogens is 398 g/mol. The van der Waals surface area contributed by atoms with Crippen molar-refractivity contribution in [3.8, 4) is 0 Å². The van der Waals surface area contributed by atoms with Crippen LogP contribution >= 0.6 is 43.6 Å². The summed E-state index contributed by atoms with van der Waals surface area (Å²) in [6, 6.07) is 5.52. The molecule has 0 aliphatic carbocycles. The van der Waals surface area contributed by atoms with Crippen LogP contribution in [0.4, 0.5) is 5.69 Å². The lowest BCUT2D eigenvalue weighted by Crippen LogP contribution is -2.16. The number of hydrogen-bond acceptors (Lipinski definition) is 5. The van der Waals surface area contributed by atoms with Crippen LogP contribution in [0.3, 0.4) is 0 Å². The first-order valence-corrected chi connectivity index (χ1v) is 7.66. The number of halogens is 2. The standard InChI is InChI=1S/C10H9Br2N5OS/c11-6-1-2-8(7(12)3-6)15-9(18)4-19-10-16-14-5-17(10)13/h1-3,5H,4,13H2,(H,15,18). The number of nitrogens with two attached hydrogens (primary N) is 1. The number of hydrogen-bond donors (Lipinski definition) is 2. The van der Waals surface area contributed by atoms with Crippen LogP contribution in [0.15, 0.2) is 38.6 Å². The zero-order chi connectivity index (χ0) is 13.8. The van der Waals surface area contributed by atoms with Crippen molar-refractivity contribution in [2.75, 3.05) is 16.9 Å². The third kappa shape index (κ3) is 3.95. The summed E-state index contributed by atoms with van der Waals surface area (Å²) in [7, 11) is 0. The zero-order valence-electron chi connectivity index (χ0n) is 9.51. The molecule has 6 nitrogen and oxygen atoms in total. The minimum Gasteiger partial charge on any atom is -0.336 e. The van der Waals surface area contributed by atoms with E-state index in [4.69, 9.17) is 5.84 Å². The Morgan fingerprint density at radius 2 is 2.26 bits per heavy atom. The molecule has 1 aromatic carbocycles. The second kappa shape index (κ2) is 6.40. The summed E-state index contributed by atoms with van der Waals surface area (Å²) in [5, 5.41) is 10.7. The van der Waals surface area contributed by atoms with E-state index in [1.807, 2.05) is 18.2 Å². The van der Waals surface area contributed by atoms with E-state index in [1.165, 1.54) is 22.8 Å². The number of thioether (sulfide) groups is 1. The van der Waals surface area contributed by atoms with Crippen molar-refractivity contribution in [1.29, 1.82) is 0 Å². The van der Waals surface area contributed by atoms with Gasteiger partial charge in [0.2, 0.25) is 11.1 Å². The van der Waals surface area contributed by atoms with Gasteiger partial charge in [0.25, 0.3) is 0 Å². The number of nitrogens with one attached hydrogen (secondary N) is 1. The minimum atomic E-state index is -0.143. The molecule has 0 saturated carbocycles. The Morgan fingerprint density at radius 1 is 1.47 bits per heavy atom. The summed E-state index contributed by atoms with van der Waals surface area (Å²) in [6.45, 7) is 0. The smallest absolute Gasteiger partial charge is 0.234 e.